The van der Waals surface area contributed by atoms with Crippen LogP contribution in [0.5, 0.6) is 0 Å². The molecule has 0 aliphatic carbocycles. The van der Waals surface area contributed by atoms with Crippen molar-refractivity contribution in [2.24, 2.45) is 5.73 Å². The van der Waals surface area contributed by atoms with Crippen LogP contribution in [0.2, 0.25) is 0 Å². The average Bonchev–Trinajstić information content (AvgIpc) is 2.41. The van der Waals surface area contributed by atoms with Gasteiger partial charge in [-0.1, -0.05) is 38.1 Å². The molecule has 0 spiro atoms. The van der Waals surface area contributed by atoms with Crippen LogP contribution < -0.4 is 5.73 Å². The number of benzene rings is 1. The molecule has 3 heteroatoms. The van der Waals surface area contributed by atoms with Crippen molar-refractivity contribution in [3.8, 4) is 0 Å². The second-order valence-corrected chi connectivity index (χ2v) is 4.64. The van der Waals surface area contributed by atoms with Gasteiger partial charge in [-0.25, -0.2) is 0 Å². The predicted molar refractivity (Wildman–Crippen MR) is 76.2 cm³/mol. The lowest BCUT2D eigenvalue weighted by atomic mass is 10.0. The average molecular weight is 250 g/mol. The van der Waals surface area contributed by atoms with Crippen molar-refractivity contribution in [3.05, 3.63) is 35.4 Å². The maximum atomic E-state index is 9.21. The van der Waals surface area contributed by atoms with E-state index < -0.39 is 0 Å². The van der Waals surface area contributed by atoms with Gasteiger partial charge in [0.25, 0.3) is 0 Å². The van der Waals surface area contributed by atoms with E-state index in [0.29, 0.717) is 12.6 Å². The van der Waals surface area contributed by atoms with E-state index in [1.54, 1.807) is 0 Å². The van der Waals surface area contributed by atoms with E-state index in [0.717, 1.165) is 25.9 Å². The van der Waals surface area contributed by atoms with Crippen molar-refractivity contribution in [2.45, 2.75) is 45.8 Å². The summed E-state index contributed by atoms with van der Waals surface area (Å²) in [5.74, 6) is 0. The minimum Gasteiger partial charge on any atom is -0.395 e. The second kappa shape index (κ2) is 8.25. The highest BCUT2D eigenvalue weighted by molar-refractivity contribution is 5.26. The van der Waals surface area contributed by atoms with Crippen LogP contribution >= 0.6 is 0 Å². The van der Waals surface area contributed by atoms with E-state index in [1.807, 2.05) is 6.07 Å². The molecule has 18 heavy (non-hydrogen) atoms. The Morgan fingerprint density at radius 2 is 1.78 bits per heavy atom. The standard InChI is InChI=1S/C15H26N2O/c1-3-15(4-2)17(9-10-18)12-14-8-6-5-7-13(14)11-16/h5-8,15,18H,3-4,9-12,16H2,1-2H3. The van der Waals surface area contributed by atoms with E-state index >= 15 is 0 Å². The van der Waals surface area contributed by atoms with Gasteiger partial charge in [0.05, 0.1) is 6.61 Å². The molecule has 0 aromatic heterocycles. The quantitative estimate of drug-likeness (QED) is 0.743. The smallest absolute Gasteiger partial charge is 0.0558 e. The van der Waals surface area contributed by atoms with Gasteiger partial charge in [-0.3, -0.25) is 4.90 Å². The lowest BCUT2D eigenvalue weighted by molar-refractivity contribution is 0.136. The maximum Gasteiger partial charge on any atom is 0.0558 e. The molecule has 0 heterocycles. The first-order valence-corrected chi connectivity index (χ1v) is 6.88. The molecule has 0 aliphatic heterocycles. The van der Waals surface area contributed by atoms with Crippen LogP contribution in [0, 0.1) is 0 Å². The zero-order valence-electron chi connectivity index (χ0n) is 11.6. The van der Waals surface area contributed by atoms with Crippen LogP contribution in [0.25, 0.3) is 0 Å². The number of rotatable bonds is 8. The minimum absolute atomic E-state index is 0.210. The summed E-state index contributed by atoms with van der Waals surface area (Å²) in [6.07, 6.45) is 2.22. The lowest BCUT2D eigenvalue weighted by Crippen LogP contribution is -2.36. The van der Waals surface area contributed by atoms with Gasteiger partial charge in [-0.15, -0.1) is 0 Å². The number of nitrogens with zero attached hydrogens (tertiary/aromatic N) is 1. The molecule has 102 valence electrons. The molecule has 0 radical (unpaired) electrons. The van der Waals surface area contributed by atoms with E-state index in [9.17, 15) is 5.11 Å². The number of nitrogens with two attached hydrogens (primary N) is 1. The highest BCUT2D eigenvalue weighted by Gasteiger charge is 2.15. The Bertz CT molecular complexity index is 337. The number of hydrogen-bond donors (Lipinski definition) is 2. The third-order valence-electron chi connectivity index (χ3n) is 3.56. The SMILES string of the molecule is CCC(CC)N(CCO)Cc1ccccc1CN. The summed E-state index contributed by atoms with van der Waals surface area (Å²) in [5, 5.41) is 9.21. The lowest BCUT2D eigenvalue weighted by Gasteiger charge is -2.30. The highest BCUT2D eigenvalue weighted by Crippen LogP contribution is 2.16. The molecular weight excluding hydrogens is 224 g/mol. The summed E-state index contributed by atoms with van der Waals surface area (Å²) in [7, 11) is 0. The van der Waals surface area contributed by atoms with Gasteiger partial charge in [0.15, 0.2) is 0 Å². The molecule has 0 saturated heterocycles. The van der Waals surface area contributed by atoms with Crippen molar-refractivity contribution in [1.82, 2.24) is 4.90 Å². The van der Waals surface area contributed by atoms with E-state index in [2.05, 4.69) is 36.9 Å². The Morgan fingerprint density at radius 1 is 1.17 bits per heavy atom. The zero-order valence-corrected chi connectivity index (χ0v) is 11.6. The summed E-state index contributed by atoms with van der Waals surface area (Å²) in [6, 6.07) is 8.83. The van der Waals surface area contributed by atoms with Crippen LogP contribution in [0.4, 0.5) is 0 Å². The van der Waals surface area contributed by atoms with Crippen molar-refractivity contribution < 1.29 is 5.11 Å². The Hall–Kier alpha value is -0.900. The van der Waals surface area contributed by atoms with Crippen molar-refractivity contribution in [1.29, 1.82) is 0 Å². The van der Waals surface area contributed by atoms with Crippen LogP contribution in [0.1, 0.15) is 37.8 Å². The van der Waals surface area contributed by atoms with E-state index in [4.69, 9.17) is 5.73 Å². The van der Waals surface area contributed by atoms with E-state index in [-0.39, 0.29) is 6.61 Å². The maximum absolute atomic E-state index is 9.21. The minimum atomic E-state index is 0.210. The Labute approximate surface area is 111 Å². The second-order valence-electron chi connectivity index (χ2n) is 4.64. The zero-order chi connectivity index (χ0) is 13.4. The fourth-order valence-corrected chi connectivity index (χ4v) is 2.45. The Morgan fingerprint density at radius 3 is 2.28 bits per heavy atom. The Kier molecular flexibility index (Phi) is 6.94. The number of hydrogen-bond acceptors (Lipinski definition) is 3. The van der Waals surface area contributed by atoms with Crippen LogP contribution in [-0.2, 0) is 13.1 Å². The molecule has 1 rings (SSSR count). The predicted octanol–water partition coefficient (Wildman–Crippen LogP) is 2.13. The fraction of sp³-hybridized carbons (Fsp3) is 0.600. The third-order valence-corrected chi connectivity index (χ3v) is 3.56. The summed E-state index contributed by atoms with van der Waals surface area (Å²) < 4.78 is 0. The molecular formula is C15H26N2O. The summed E-state index contributed by atoms with van der Waals surface area (Å²) in [4.78, 5) is 2.36. The topological polar surface area (TPSA) is 49.5 Å². The van der Waals surface area contributed by atoms with Crippen LogP contribution in [0.15, 0.2) is 24.3 Å². The van der Waals surface area contributed by atoms with Gasteiger partial charge in [0.2, 0.25) is 0 Å². The molecule has 0 fully saturated rings. The van der Waals surface area contributed by atoms with Crippen molar-refractivity contribution >= 4 is 0 Å². The van der Waals surface area contributed by atoms with Gasteiger partial charge < -0.3 is 10.8 Å². The van der Waals surface area contributed by atoms with Gasteiger partial charge in [0, 0.05) is 25.7 Å². The molecule has 0 amide bonds. The summed E-state index contributed by atoms with van der Waals surface area (Å²) >= 11 is 0. The van der Waals surface area contributed by atoms with Gasteiger partial charge in [0.1, 0.15) is 0 Å². The number of aliphatic hydroxyl groups excluding tert-OH is 1. The highest BCUT2D eigenvalue weighted by atomic mass is 16.3. The van der Waals surface area contributed by atoms with Crippen LogP contribution in [-0.4, -0.2) is 29.2 Å². The molecule has 1 aromatic rings. The van der Waals surface area contributed by atoms with Gasteiger partial charge in [-0.05, 0) is 24.0 Å². The largest absolute Gasteiger partial charge is 0.395 e. The van der Waals surface area contributed by atoms with Crippen molar-refractivity contribution in [2.75, 3.05) is 13.2 Å². The monoisotopic (exact) mass is 250 g/mol. The summed E-state index contributed by atoms with van der Waals surface area (Å²) in [6.45, 7) is 6.79. The fourth-order valence-electron chi connectivity index (χ4n) is 2.45. The molecule has 3 N–H and O–H groups in total. The Balaban J connectivity index is 2.81. The summed E-state index contributed by atoms with van der Waals surface area (Å²) in [5.41, 5.74) is 8.25. The molecule has 0 atom stereocenters. The molecule has 1 aromatic carbocycles. The molecule has 0 aliphatic rings. The first-order valence-electron chi connectivity index (χ1n) is 6.88. The third kappa shape index (κ3) is 4.09. The van der Waals surface area contributed by atoms with Gasteiger partial charge in [-0.2, -0.15) is 0 Å². The van der Waals surface area contributed by atoms with Gasteiger partial charge >= 0.3 is 0 Å². The first kappa shape index (κ1) is 15.2. The molecule has 0 saturated carbocycles. The van der Waals surface area contributed by atoms with E-state index in [1.165, 1.54) is 11.1 Å². The normalized spacial score (nSPS) is 11.4. The first-order chi connectivity index (χ1) is 8.76. The van der Waals surface area contributed by atoms with Crippen LogP contribution in [0.3, 0.4) is 0 Å². The molecule has 0 unspecified atom stereocenters. The number of aliphatic hydroxyl groups is 1. The molecule has 3 nitrogen and oxygen atoms in total. The van der Waals surface area contributed by atoms with Crippen molar-refractivity contribution in [3.63, 3.8) is 0 Å². The molecule has 0 bridgehead atoms.